The van der Waals surface area contributed by atoms with Gasteiger partial charge in [-0.05, 0) is 24.3 Å². The van der Waals surface area contributed by atoms with E-state index < -0.39 is 46.2 Å². The van der Waals surface area contributed by atoms with Crippen LogP contribution in [0.2, 0.25) is 0 Å². The van der Waals surface area contributed by atoms with Crippen molar-refractivity contribution in [1.82, 2.24) is 19.9 Å². The van der Waals surface area contributed by atoms with Crippen molar-refractivity contribution >= 4 is 17.6 Å². The van der Waals surface area contributed by atoms with Crippen LogP contribution in [0.3, 0.4) is 0 Å². The van der Waals surface area contributed by atoms with Gasteiger partial charge >= 0.3 is 11.9 Å². The summed E-state index contributed by atoms with van der Waals surface area (Å²) in [5.41, 5.74) is -7.71. The molecule has 3 N–H and O–H groups in total. The van der Waals surface area contributed by atoms with Crippen molar-refractivity contribution < 1.29 is 27.2 Å². The molecule has 0 aliphatic carbocycles. The molecule has 1 atom stereocenters. The van der Waals surface area contributed by atoms with Crippen molar-refractivity contribution in [2.45, 2.75) is 18.3 Å². The highest BCUT2D eigenvalue weighted by molar-refractivity contribution is 6.09. The van der Waals surface area contributed by atoms with Crippen molar-refractivity contribution in [3.63, 3.8) is 0 Å². The molecule has 0 spiro atoms. The molecular weight excluding hydrogens is 423 g/mol. The Kier molecular flexibility index (Phi) is 4.52. The number of alkyl halides is 3. The summed E-state index contributed by atoms with van der Waals surface area (Å²) in [5, 5.41) is 3.55. The molecule has 13 heteroatoms. The first-order chi connectivity index (χ1) is 14.6. The zero-order valence-electron chi connectivity index (χ0n) is 15.3. The largest absolute Gasteiger partial charge is 0.467 e. The Labute approximate surface area is 169 Å². The molecule has 0 fully saturated rings. The second-order valence-electron chi connectivity index (χ2n) is 6.55. The number of fused-ring (bicyclic) bond motifs is 1. The number of aromatic amines is 1. The Bertz CT molecular complexity index is 1280. The summed E-state index contributed by atoms with van der Waals surface area (Å²) >= 11 is 0. The minimum Gasteiger partial charge on any atom is -0.467 e. The molecule has 2 amide bonds. The van der Waals surface area contributed by atoms with Gasteiger partial charge in [-0.2, -0.15) is 13.2 Å². The predicted octanol–water partition coefficient (Wildman–Crippen LogP) is 0.713. The van der Waals surface area contributed by atoms with Crippen molar-refractivity contribution in [2.75, 3.05) is 5.32 Å². The summed E-state index contributed by atoms with van der Waals surface area (Å²) in [7, 11) is 0. The number of pyridine rings is 1. The number of rotatable bonds is 4. The number of carbonyl (C=O) groups excluding carboxylic acids is 2. The molecule has 0 radical (unpaired) electrons. The first-order valence-corrected chi connectivity index (χ1v) is 8.66. The van der Waals surface area contributed by atoms with Crippen LogP contribution in [0.5, 0.6) is 0 Å². The quantitative estimate of drug-likeness (QED) is 0.552. The lowest BCUT2D eigenvalue weighted by Gasteiger charge is -2.30. The van der Waals surface area contributed by atoms with Crippen LogP contribution < -0.4 is 21.9 Å². The van der Waals surface area contributed by atoms with Gasteiger partial charge < -0.3 is 15.1 Å². The molecule has 1 aliphatic rings. The molecule has 4 heterocycles. The Hall–Kier alpha value is -4.16. The SMILES string of the molecule is O=C(N[C@@]1(C(F)(F)F)C(=O)Nc2c1c(=O)[nH]c(=O)n2Cc1ccco1)c1cccnc1. The molecule has 3 aromatic rings. The summed E-state index contributed by atoms with van der Waals surface area (Å²) in [6, 6.07) is 5.43. The van der Waals surface area contributed by atoms with Crippen molar-refractivity contribution in [1.29, 1.82) is 0 Å². The van der Waals surface area contributed by atoms with Gasteiger partial charge in [0, 0.05) is 12.4 Å². The molecule has 3 aromatic heterocycles. The molecule has 0 unspecified atom stereocenters. The number of hydrogen-bond donors (Lipinski definition) is 3. The molecule has 0 bridgehead atoms. The Morgan fingerprint density at radius 1 is 1.23 bits per heavy atom. The van der Waals surface area contributed by atoms with Crippen LogP contribution in [0, 0.1) is 0 Å². The summed E-state index contributed by atoms with van der Waals surface area (Å²) in [6.07, 6.45) is -1.86. The molecule has 4 rings (SSSR count). The number of nitrogens with zero attached hydrogens (tertiary/aromatic N) is 2. The second kappa shape index (κ2) is 6.97. The van der Waals surface area contributed by atoms with Crippen molar-refractivity contribution in [3.8, 4) is 0 Å². The number of H-pyrrole nitrogens is 1. The first kappa shape index (κ1) is 20.1. The maximum atomic E-state index is 14.3. The van der Waals surface area contributed by atoms with Gasteiger partial charge in [0.15, 0.2) is 0 Å². The van der Waals surface area contributed by atoms with Gasteiger partial charge in [0.2, 0.25) is 0 Å². The number of furan rings is 1. The average molecular weight is 435 g/mol. The minimum absolute atomic E-state index is 0.175. The zero-order chi connectivity index (χ0) is 22.4. The minimum atomic E-state index is -5.43. The van der Waals surface area contributed by atoms with Crippen LogP contribution in [0.4, 0.5) is 19.0 Å². The van der Waals surface area contributed by atoms with E-state index >= 15 is 0 Å². The number of amides is 2. The molecule has 1 aliphatic heterocycles. The molecule has 31 heavy (non-hydrogen) atoms. The lowest BCUT2D eigenvalue weighted by Crippen LogP contribution is -2.62. The van der Waals surface area contributed by atoms with Gasteiger partial charge in [-0.1, -0.05) is 0 Å². The molecule has 10 nitrogen and oxygen atoms in total. The smallest absolute Gasteiger partial charge is 0.425 e. The van der Waals surface area contributed by atoms with Crippen LogP contribution >= 0.6 is 0 Å². The topological polar surface area (TPSA) is 139 Å². The first-order valence-electron chi connectivity index (χ1n) is 8.66. The highest BCUT2D eigenvalue weighted by Crippen LogP contribution is 2.45. The van der Waals surface area contributed by atoms with E-state index in [0.717, 1.165) is 6.20 Å². The van der Waals surface area contributed by atoms with Gasteiger partial charge in [0.1, 0.15) is 17.1 Å². The van der Waals surface area contributed by atoms with E-state index in [1.165, 1.54) is 36.7 Å². The summed E-state index contributed by atoms with van der Waals surface area (Å²) in [4.78, 5) is 55.3. The fourth-order valence-electron chi connectivity index (χ4n) is 3.27. The van der Waals surface area contributed by atoms with Crippen LogP contribution in [0.25, 0.3) is 0 Å². The van der Waals surface area contributed by atoms with Crippen LogP contribution in [-0.2, 0) is 16.9 Å². The van der Waals surface area contributed by atoms with Crippen molar-refractivity contribution in [3.05, 3.63) is 80.6 Å². The Balaban J connectivity index is 1.92. The third kappa shape index (κ3) is 3.10. The van der Waals surface area contributed by atoms with Crippen molar-refractivity contribution in [2.24, 2.45) is 0 Å². The summed E-state index contributed by atoms with van der Waals surface area (Å²) < 4.78 is 48.6. The fraction of sp³-hybridized carbons (Fsp3) is 0.167. The van der Waals surface area contributed by atoms with E-state index in [4.69, 9.17) is 4.42 Å². The maximum Gasteiger partial charge on any atom is 0.425 e. The molecule has 160 valence electrons. The van der Waals surface area contributed by atoms with Gasteiger partial charge in [0.25, 0.3) is 22.9 Å². The maximum absolute atomic E-state index is 14.3. The van der Waals surface area contributed by atoms with Gasteiger partial charge in [0.05, 0.1) is 18.4 Å². The average Bonchev–Trinajstić information content (AvgIpc) is 3.32. The number of anilines is 1. The van der Waals surface area contributed by atoms with Crippen LogP contribution in [0.15, 0.2) is 56.9 Å². The van der Waals surface area contributed by atoms with Gasteiger partial charge in [-0.15, -0.1) is 0 Å². The third-order valence-corrected chi connectivity index (χ3v) is 4.69. The third-order valence-electron chi connectivity index (χ3n) is 4.69. The molecular formula is C18H12F3N5O5. The summed E-state index contributed by atoms with van der Waals surface area (Å²) in [6.45, 7) is -0.379. The summed E-state index contributed by atoms with van der Waals surface area (Å²) in [5.74, 6) is -3.55. The van der Waals surface area contributed by atoms with E-state index in [0.29, 0.717) is 4.57 Å². The number of halogens is 3. The number of aromatic nitrogens is 3. The van der Waals surface area contributed by atoms with E-state index in [1.807, 2.05) is 5.32 Å². The number of carbonyl (C=O) groups is 2. The standard InChI is InChI=1S/C18H12F3N5O5/c19-18(20,21)17(25-13(27)9-3-1-5-22-7-9)11-12(23-15(17)29)26(16(30)24-14(11)28)8-10-4-2-6-31-10/h1-7H,8H2,(H,23,29)(H,25,27)(H,24,28,30)/t17-/m1/s1. The van der Waals surface area contributed by atoms with Crippen LogP contribution in [0.1, 0.15) is 21.7 Å². The zero-order valence-corrected chi connectivity index (χ0v) is 15.3. The van der Waals surface area contributed by atoms with Gasteiger partial charge in [-0.3, -0.25) is 28.9 Å². The molecule has 0 saturated carbocycles. The Morgan fingerprint density at radius 2 is 2.00 bits per heavy atom. The second-order valence-corrected chi connectivity index (χ2v) is 6.55. The van der Waals surface area contributed by atoms with Crippen LogP contribution in [-0.4, -0.2) is 32.5 Å². The monoisotopic (exact) mass is 435 g/mol. The highest BCUT2D eigenvalue weighted by atomic mass is 19.4. The lowest BCUT2D eigenvalue weighted by molar-refractivity contribution is -0.196. The van der Waals surface area contributed by atoms with E-state index in [-0.39, 0.29) is 17.9 Å². The molecule has 0 saturated heterocycles. The fourth-order valence-corrected chi connectivity index (χ4v) is 3.27. The highest BCUT2D eigenvalue weighted by Gasteiger charge is 2.68. The van der Waals surface area contributed by atoms with E-state index in [1.54, 1.807) is 10.3 Å². The lowest BCUT2D eigenvalue weighted by atomic mass is 9.91. The number of hydrogen-bond acceptors (Lipinski definition) is 6. The number of nitrogens with one attached hydrogen (secondary N) is 3. The normalized spacial score (nSPS) is 17.8. The van der Waals surface area contributed by atoms with E-state index in [9.17, 15) is 32.3 Å². The molecule has 0 aromatic carbocycles. The van der Waals surface area contributed by atoms with E-state index in [2.05, 4.69) is 4.98 Å². The van der Waals surface area contributed by atoms with Gasteiger partial charge in [-0.25, -0.2) is 4.79 Å². The Morgan fingerprint density at radius 3 is 2.61 bits per heavy atom. The predicted molar refractivity (Wildman–Crippen MR) is 97.2 cm³/mol.